The number of nitrogens with zero attached hydrogens (tertiary/aromatic N) is 3. The molecule has 0 amide bonds. The van der Waals surface area contributed by atoms with E-state index < -0.39 is 0 Å². The van der Waals surface area contributed by atoms with Gasteiger partial charge in [0.05, 0.1) is 11.8 Å². The molecule has 1 atom stereocenters. The molecule has 1 saturated heterocycles. The zero-order valence-electron chi connectivity index (χ0n) is 17.8. The molecule has 0 radical (unpaired) electrons. The molecule has 1 aromatic heterocycles. The van der Waals surface area contributed by atoms with Gasteiger partial charge in [-0.2, -0.15) is 0 Å². The normalized spacial score (nSPS) is 21.5. The van der Waals surface area contributed by atoms with Gasteiger partial charge in [0, 0.05) is 56.3 Å². The van der Waals surface area contributed by atoms with Crippen LogP contribution < -0.4 is 10.2 Å². The predicted molar refractivity (Wildman–Crippen MR) is 114 cm³/mol. The van der Waals surface area contributed by atoms with Crippen molar-refractivity contribution in [1.82, 2.24) is 15.3 Å². The standard InChI is InChI=1S/C23H32N4O/c1-15-7-6-8-16(2)20(15)21-25-18-9-11-24-13-17(18)22(26-21)27-12-10-19(28-5)23(3,4)14-27/h6-8,19,24H,9-14H2,1-5H3/t19-/m0/s1. The highest BCUT2D eigenvalue weighted by atomic mass is 16.5. The first-order valence-corrected chi connectivity index (χ1v) is 10.4. The fourth-order valence-electron chi connectivity index (χ4n) is 4.82. The smallest absolute Gasteiger partial charge is 0.162 e. The van der Waals surface area contributed by atoms with E-state index in [0.717, 1.165) is 50.7 Å². The van der Waals surface area contributed by atoms with Crippen molar-refractivity contribution >= 4 is 5.82 Å². The largest absolute Gasteiger partial charge is 0.381 e. The highest BCUT2D eigenvalue weighted by molar-refractivity contribution is 5.67. The number of methoxy groups -OCH3 is 1. The Kier molecular flexibility index (Phi) is 5.15. The van der Waals surface area contributed by atoms with Gasteiger partial charge in [-0.15, -0.1) is 0 Å². The lowest BCUT2D eigenvalue weighted by atomic mass is 9.81. The van der Waals surface area contributed by atoms with E-state index in [9.17, 15) is 0 Å². The van der Waals surface area contributed by atoms with Gasteiger partial charge in [0.25, 0.3) is 0 Å². The van der Waals surface area contributed by atoms with Gasteiger partial charge < -0.3 is 15.0 Å². The Bertz CT molecular complexity index is 857. The number of anilines is 1. The number of benzene rings is 1. The molecule has 1 fully saturated rings. The van der Waals surface area contributed by atoms with Crippen LogP contribution in [0.25, 0.3) is 11.4 Å². The SMILES string of the molecule is CO[C@H]1CCN(c2nc(-c3c(C)cccc3C)nc3c2CNCC3)CC1(C)C. The number of aromatic nitrogens is 2. The van der Waals surface area contributed by atoms with Gasteiger partial charge in [-0.25, -0.2) is 9.97 Å². The molecule has 3 heterocycles. The molecule has 2 aliphatic heterocycles. The van der Waals surface area contributed by atoms with Gasteiger partial charge in [0.2, 0.25) is 0 Å². The maximum Gasteiger partial charge on any atom is 0.162 e. The summed E-state index contributed by atoms with van der Waals surface area (Å²) in [5, 5.41) is 3.51. The van der Waals surface area contributed by atoms with Crippen molar-refractivity contribution in [3.05, 3.63) is 40.6 Å². The van der Waals surface area contributed by atoms with Gasteiger partial charge in [-0.1, -0.05) is 32.0 Å². The first-order valence-electron chi connectivity index (χ1n) is 10.4. The fraction of sp³-hybridized carbons (Fsp3) is 0.565. The third kappa shape index (κ3) is 3.42. The minimum atomic E-state index is 0.0890. The van der Waals surface area contributed by atoms with E-state index in [1.54, 1.807) is 0 Å². The Balaban J connectivity index is 1.81. The molecule has 2 aromatic rings. The second-order valence-electron chi connectivity index (χ2n) is 8.91. The number of aryl methyl sites for hydroxylation is 2. The van der Waals surface area contributed by atoms with E-state index in [2.05, 4.69) is 56.1 Å². The van der Waals surface area contributed by atoms with Crippen LogP contribution in [0, 0.1) is 19.3 Å². The van der Waals surface area contributed by atoms with Gasteiger partial charge in [-0.3, -0.25) is 0 Å². The molecule has 0 saturated carbocycles. The summed E-state index contributed by atoms with van der Waals surface area (Å²) in [5.74, 6) is 1.98. The summed E-state index contributed by atoms with van der Waals surface area (Å²) in [6.45, 7) is 12.6. The number of hydrogen-bond donors (Lipinski definition) is 1. The Morgan fingerprint density at radius 3 is 2.61 bits per heavy atom. The van der Waals surface area contributed by atoms with Crippen LogP contribution in [0.5, 0.6) is 0 Å². The molecule has 0 spiro atoms. The van der Waals surface area contributed by atoms with Crippen molar-refractivity contribution in [2.75, 3.05) is 31.6 Å². The van der Waals surface area contributed by atoms with Crippen molar-refractivity contribution < 1.29 is 4.74 Å². The molecule has 1 aromatic carbocycles. The van der Waals surface area contributed by atoms with E-state index in [1.807, 2.05) is 7.11 Å². The number of ether oxygens (including phenoxy) is 1. The summed E-state index contributed by atoms with van der Waals surface area (Å²) in [7, 11) is 1.83. The molecule has 28 heavy (non-hydrogen) atoms. The molecule has 0 bridgehead atoms. The number of nitrogens with one attached hydrogen (secondary N) is 1. The monoisotopic (exact) mass is 380 g/mol. The lowest BCUT2D eigenvalue weighted by Gasteiger charge is -2.44. The van der Waals surface area contributed by atoms with Crippen LogP contribution in [0.4, 0.5) is 5.82 Å². The summed E-state index contributed by atoms with van der Waals surface area (Å²) >= 11 is 0. The van der Waals surface area contributed by atoms with Crippen molar-refractivity contribution in [3.63, 3.8) is 0 Å². The maximum absolute atomic E-state index is 5.76. The van der Waals surface area contributed by atoms with Crippen LogP contribution in [0.3, 0.4) is 0 Å². The first-order chi connectivity index (χ1) is 13.4. The van der Waals surface area contributed by atoms with Crippen molar-refractivity contribution in [2.45, 2.75) is 53.2 Å². The van der Waals surface area contributed by atoms with Gasteiger partial charge in [0.1, 0.15) is 5.82 Å². The molecule has 150 valence electrons. The van der Waals surface area contributed by atoms with Crippen LogP contribution in [-0.4, -0.2) is 42.8 Å². The van der Waals surface area contributed by atoms with E-state index in [0.29, 0.717) is 0 Å². The number of hydrogen-bond acceptors (Lipinski definition) is 5. The zero-order chi connectivity index (χ0) is 19.9. The van der Waals surface area contributed by atoms with Crippen LogP contribution >= 0.6 is 0 Å². The molecular weight excluding hydrogens is 348 g/mol. The van der Waals surface area contributed by atoms with Crippen molar-refractivity contribution in [3.8, 4) is 11.4 Å². The molecule has 0 aliphatic carbocycles. The quantitative estimate of drug-likeness (QED) is 0.881. The van der Waals surface area contributed by atoms with Gasteiger partial charge >= 0.3 is 0 Å². The summed E-state index contributed by atoms with van der Waals surface area (Å²) in [6, 6.07) is 6.41. The van der Waals surface area contributed by atoms with E-state index in [-0.39, 0.29) is 11.5 Å². The minimum Gasteiger partial charge on any atom is -0.381 e. The van der Waals surface area contributed by atoms with E-state index in [1.165, 1.54) is 27.9 Å². The van der Waals surface area contributed by atoms with Crippen LogP contribution in [0.15, 0.2) is 18.2 Å². The summed E-state index contributed by atoms with van der Waals surface area (Å²) < 4.78 is 5.76. The zero-order valence-corrected chi connectivity index (χ0v) is 17.8. The highest BCUT2D eigenvalue weighted by Gasteiger charge is 2.37. The van der Waals surface area contributed by atoms with Crippen molar-refractivity contribution in [1.29, 1.82) is 0 Å². The summed E-state index contributed by atoms with van der Waals surface area (Å²) in [5.41, 5.74) is 6.21. The van der Waals surface area contributed by atoms with Crippen LogP contribution in [0.2, 0.25) is 0 Å². The van der Waals surface area contributed by atoms with Crippen molar-refractivity contribution in [2.24, 2.45) is 5.41 Å². The molecule has 5 nitrogen and oxygen atoms in total. The van der Waals surface area contributed by atoms with Gasteiger partial charge in [0.15, 0.2) is 5.82 Å². The van der Waals surface area contributed by atoms with Crippen LogP contribution in [0.1, 0.15) is 42.7 Å². The van der Waals surface area contributed by atoms with Crippen LogP contribution in [-0.2, 0) is 17.7 Å². The maximum atomic E-state index is 5.76. The average Bonchev–Trinajstić information content (AvgIpc) is 2.66. The highest BCUT2D eigenvalue weighted by Crippen LogP contribution is 2.36. The Morgan fingerprint density at radius 1 is 1.18 bits per heavy atom. The first kappa shape index (κ1) is 19.3. The average molecular weight is 381 g/mol. The number of fused-ring (bicyclic) bond motifs is 1. The lowest BCUT2D eigenvalue weighted by Crippen LogP contribution is -2.50. The number of rotatable bonds is 3. The molecule has 5 heteroatoms. The molecule has 1 N–H and O–H groups in total. The Labute approximate surface area is 168 Å². The fourth-order valence-corrected chi connectivity index (χ4v) is 4.82. The third-order valence-electron chi connectivity index (χ3n) is 6.33. The topological polar surface area (TPSA) is 50.3 Å². The summed E-state index contributed by atoms with van der Waals surface area (Å²) in [6.07, 6.45) is 2.27. The minimum absolute atomic E-state index is 0.0890. The Morgan fingerprint density at radius 2 is 1.93 bits per heavy atom. The second kappa shape index (κ2) is 7.45. The van der Waals surface area contributed by atoms with E-state index in [4.69, 9.17) is 14.7 Å². The molecule has 4 rings (SSSR count). The van der Waals surface area contributed by atoms with Gasteiger partial charge in [-0.05, 0) is 31.4 Å². The third-order valence-corrected chi connectivity index (χ3v) is 6.33. The Hall–Kier alpha value is -1.98. The molecule has 0 unspecified atom stereocenters. The second-order valence-corrected chi connectivity index (χ2v) is 8.91. The predicted octanol–water partition coefficient (Wildman–Crippen LogP) is 3.66. The molecule has 2 aliphatic rings. The van der Waals surface area contributed by atoms with E-state index >= 15 is 0 Å². The summed E-state index contributed by atoms with van der Waals surface area (Å²) in [4.78, 5) is 12.6. The lowest BCUT2D eigenvalue weighted by molar-refractivity contribution is -0.00647. The number of piperidine rings is 1. The molecular formula is C23H32N4O.